The maximum absolute atomic E-state index is 13.1. The summed E-state index contributed by atoms with van der Waals surface area (Å²) in [4.78, 5) is 15.1. The minimum atomic E-state index is 0.0762. The van der Waals surface area contributed by atoms with E-state index in [9.17, 15) is 4.79 Å². The number of hydrogen-bond acceptors (Lipinski definition) is 4. The number of nitrogens with zero attached hydrogens (tertiary/aromatic N) is 3. The molecule has 132 valence electrons. The van der Waals surface area contributed by atoms with Crippen LogP contribution in [0.25, 0.3) is 0 Å². The van der Waals surface area contributed by atoms with Gasteiger partial charge in [-0.15, -0.1) is 0 Å². The second kappa shape index (κ2) is 6.84. The summed E-state index contributed by atoms with van der Waals surface area (Å²) in [5.41, 5.74) is 1.59. The lowest BCUT2D eigenvalue weighted by molar-refractivity contribution is -0.00611. The predicted octanol–water partition coefficient (Wildman–Crippen LogP) is 2.18. The van der Waals surface area contributed by atoms with Crippen LogP contribution in [0.4, 0.5) is 0 Å². The zero-order valence-corrected chi connectivity index (χ0v) is 14.4. The molecule has 1 aromatic heterocycles. The topological polar surface area (TPSA) is 56.6 Å². The number of rotatable bonds is 4. The number of aryl methyl sites for hydroxylation is 1. The summed E-state index contributed by atoms with van der Waals surface area (Å²) in [6.45, 7) is 5.53. The van der Waals surface area contributed by atoms with E-state index in [-0.39, 0.29) is 11.9 Å². The fraction of sp³-hybridized carbons (Fsp3) is 0.778. The van der Waals surface area contributed by atoms with Crippen LogP contribution in [0.2, 0.25) is 0 Å². The molecule has 3 aliphatic rings. The van der Waals surface area contributed by atoms with Crippen LogP contribution in [0.1, 0.15) is 54.2 Å². The number of ether oxygens (including phenoxy) is 2. The van der Waals surface area contributed by atoms with Crippen molar-refractivity contribution in [1.29, 1.82) is 0 Å². The third kappa shape index (κ3) is 3.35. The molecule has 0 aromatic carbocycles. The molecule has 0 bridgehead atoms. The van der Waals surface area contributed by atoms with Crippen LogP contribution in [0.15, 0.2) is 6.20 Å². The molecule has 1 amide bonds. The van der Waals surface area contributed by atoms with E-state index in [2.05, 4.69) is 5.10 Å². The number of carbonyl (C=O) groups excluding carboxylic acids is 1. The first-order valence-electron chi connectivity index (χ1n) is 9.24. The molecule has 1 saturated carbocycles. The fourth-order valence-corrected chi connectivity index (χ4v) is 3.82. The quantitative estimate of drug-likeness (QED) is 0.847. The maximum atomic E-state index is 13.1. The molecule has 6 heteroatoms. The second-order valence-electron chi connectivity index (χ2n) is 7.39. The summed E-state index contributed by atoms with van der Waals surface area (Å²) in [5.74, 6) is 0.861. The summed E-state index contributed by atoms with van der Waals surface area (Å²) in [7, 11) is 0. The van der Waals surface area contributed by atoms with E-state index in [1.807, 2.05) is 22.7 Å². The van der Waals surface area contributed by atoms with Crippen molar-refractivity contribution in [2.45, 2.75) is 51.1 Å². The highest BCUT2D eigenvalue weighted by Gasteiger charge is 2.35. The SMILES string of the molecule is Cc1cn(C2CCOCC2)nc1C(=O)N1CCOCC1CC1CC1. The molecule has 0 radical (unpaired) electrons. The van der Waals surface area contributed by atoms with Gasteiger partial charge < -0.3 is 14.4 Å². The second-order valence-corrected chi connectivity index (χ2v) is 7.39. The van der Waals surface area contributed by atoms with Crippen LogP contribution in [0.3, 0.4) is 0 Å². The summed E-state index contributed by atoms with van der Waals surface area (Å²) >= 11 is 0. The third-order valence-electron chi connectivity index (χ3n) is 5.47. The molecule has 0 spiro atoms. The van der Waals surface area contributed by atoms with Crippen molar-refractivity contribution in [3.63, 3.8) is 0 Å². The van der Waals surface area contributed by atoms with Gasteiger partial charge in [0.25, 0.3) is 5.91 Å². The molecule has 2 aliphatic heterocycles. The van der Waals surface area contributed by atoms with E-state index in [1.54, 1.807) is 0 Å². The standard InChI is InChI=1S/C18H27N3O3/c1-13-11-21(15-4-7-23-8-5-15)19-17(13)18(22)20-6-9-24-12-16(20)10-14-2-3-14/h11,14-16H,2-10,12H2,1H3. The first kappa shape index (κ1) is 16.1. The molecule has 1 aromatic rings. The van der Waals surface area contributed by atoms with Crippen molar-refractivity contribution in [3.05, 3.63) is 17.5 Å². The van der Waals surface area contributed by atoms with Crippen molar-refractivity contribution in [2.24, 2.45) is 5.92 Å². The van der Waals surface area contributed by atoms with Gasteiger partial charge >= 0.3 is 0 Å². The van der Waals surface area contributed by atoms with Gasteiger partial charge in [0.2, 0.25) is 0 Å². The summed E-state index contributed by atoms with van der Waals surface area (Å²) in [6.07, 6.45) is 7.64. The number of morpholine rings is 1. The van der Waals surface area contributed by atoms with Gasteiger partial charge in [-0.2, -0.15) is 5.10 Å². The normalized spacial score (nSPS) is 25.9. The molecule has 4 rings (SSSR count). The van der Waals surface area contributed by atoms with Gasteiger partial charge in [0.1, 0.15) is 0 Å². The molecule has 2 saturated heterocycles. The molecule has 1 atom stereocenters. The minimum absolute atomic E-state index is 0.0762. The van der Waals surface area contributed by atoms with Gasteiger partial charge in [-0.3, -0.25) is 9.48 Å². The largest absolute Gasteiger partial charge is 0.381 e. The number of hydrogen-bond donors (Lipinski definition) is 0. The van der Waals surface area contributed by atoms with Crippen molar-refractivity contribution in [3.8, 4) is 0 Å². The first-order valence-corrected chi connectivity index (χ1v) is 9.24. The average molecular weight is 333 g/mol. The smallest absolute Gasteiger partial charge is 0.275 e. The zero-order chi connectivity index (χ0) is 16.5. The minimum Gasteiger partial charge on any atom is -0.381 e. The Morgan fingerprint density at radius 1 is 1.21 bits per heavy atom. The molecule has 1 aliphatic carbocycles. The molecule has 3 fully saturated rings. The maximum Gasteiger partial charge on any atom is 0.275 e. The van der Waals surface area contributed by atoms with E-state index in [4.69, 9.17) is 9.47 Å². The van der Waals surface area contributed by atoms with Gasteiger partial charge in [-0.1, -0.05) is 12.8 Å². The third-order valence-corrected chi connectivity index (χ3v) is 5.47. The number of carbonyl (C=O) groups is 1. The van der Waals surface area contributed by atoms with Gasteiger partial charge in [0.15, 0.2) is 5.69 Å². The molecular weight excluding hydrogens is 306 g/mol. The highest BCUT2D eigenvalue weighted by atomic mass is 16.5. The lowest BCUT2D eigenvalue weighted by Gasteiger charge is -2.35. The van der Waals surface area contributed by atoms with Crippen molar-refractivity contribution in [2.75, 3.05) is 33.0 Å². The van der Waals surface area contributed by atoms with Crippen molar-refractivity contribution < 1.29 is 14.3 Å². The van der Waals surface area contributed by atoms with Crippen LogP contribution < -0.4 is 0 Å². The van der Waals surface area contributed by atoms with E-state index in [0.717, 1.165) is 44.0 Å². The summed E-state index contributed by atoms with van der Waals surface area (Å²) in [5, 5.41) is 4.67. The monoisotopic (exact) mass is 333 g/mol. The van der Waals surface area contributed by atoms with Gasteiger partial charge in [0.05, 0.1) is 25.3 Å². The summed E-state index contributed by atoms with van der Waals surface area (Å²) < 4.78 is 13.0. The summed E-state index contributed by atoms with van der Waals surface area (Å²) in [6, 6.07) is 0.567. The van der Waals surface area contributed by atoms with E-state index < -0.39 is 0 Å². The van der Waals surface area contributed by atoms with Crippen LogP contribution >= 0.6 is 0 Å². The van der Waals surface area contributed by atoms with Crippen LogP contribution in [0, 0.1) is 12.8 Å². The highest BCUT2D eigenvalue weighted by Crippen LogP contribution is 2.35. The molecule has 0 N–H and O–H groups in total. The molecule has 6 nitrogen and oxygen atoms in total. The number of amides is 1. The van der Waals surface area contributed by atoms with Crippen LogP contribution in [-0.4, -0.2) is 59.6 Å². The lowest BCUT2D eigenvalue weighted by Crippen LogP contribution is -2.49. The fourth-order valence-electron chi connectivity index (χ4n) is 3.82. The van der Waals surface area contributed by atoms with E-state index in [0.29, 0.717) is 31.5 Å². The van der Waals surface area contributed by atoms with Gasteiger partial charge in [0, 0.05) is 31.5 Å². The molecule has 1 unspecified atom stereocenters. The molecular formula is C18H27N3O3. The van der Waals surface area contributed by atoms with Gasteiger partial charge in [-0.05, 0) is 32.1 Å². The average Bonchev–Trinajstić information content (AvgIpc) is 3.35. The van der Waals surface area contributed by atoms with E-state index >= 15 is 0 Å². The Balaban J connectivity index is 1.50. The predicted molar refractivity (Wildman–Crippen MR) is 89.0 cm³/mol. The Morgan fingerprint density at radius 3 is 2.75 bits per heavy atom. The Bertz CT molecular complexity index is 590. The highest BCUT2D eigenvalue weighted by molar-refractivity contribution is 5.94. The first-order chi connectivity index (χ1) is 11.7. The molecule has 24 heavy (non-hydrogen) atoms. The van der Waals surface area contributed by atoms with Crippen molar-refractivity contribution >= 4 is 5.91 Å². The zero-order valence-electron chi connectivity index (χ0n) is 14.4. The van der Waals surface area contributed by atoms with Crippen molar-refractivity contribution in [1.82, 2.24) is 14.7 Å². The Labute approximate surface area is 143 Å². The lowest BCUT2D eigenvalue weighted by atomic mass is 10.1. The molecule has 3 heterocycles. The van der Waals surface area contributed by atoms with Crippen LogP contribution in [-0.2, 0) is 9.47 Å². The Hall–Kier alpha value is -1.40. The Kier molecular flexibility index (Phi) is 4.59. The number of aromatic nitrogens is 2. The van der Waals surface area contributed by atoms with E-state index in [1.165, 1.54) is 12.8 Å². The Morgan fingerprint density at radius 2 is 2.00 bits per heavy atom. The van der Waals surface area contributed by atoms with Gasteiger partial charge in [-0.25, -0.2) is 0 Å². The van der Waals surface area contributed by atoms with Crippen LogP contribution in [0.5, 0.6) is 0 Å².